The summed E-state index contributed by atoms with van der Waals surface area (Å²) in [6.07, 6.45) is 2.09. The van der Waals surface area contributed by atoms with Crippen LogP contribution in [-0.2, 0) is 17.8 Å². The summed E-state index contributed by atoms with van der Waals surface area (Å²) >= 11 is 0. The molecule has 20 heavy (non-hydrogen) atoms. The maximum atomic E-state index is 11.4. The molecule has 102 valence electrons. The second-order valence-corrected chi connectivity index (χ2v) is 4.82. The Morgan fingerprint density at radius 2 is 2.25 bits per heavy atom. The van der Waals surface area contributed by atoms with Gasteiger partial charge in [0.15, 0.2) is 0 Å². The van der Waals surface area contributed by atoms with E-state index in [4.69, 9.17) is 5.73 Å². The molecule has 1 aromatic carbocycles. The van der Waals surface area contributed by atoms with Gasteiger partial charge in [-0.25, -0.2) is 9.97 Å². The summed E-state index contributed by atoms with van der Waals surface area (Å²) in [4.78, 5) is 21.7. The van der Waals surface area contributed by atoms with Crippen molar-refractivity contribution in [3.05, 3.63) is 41.9 Å². The van der Waals surface area contributed by atoms with Crippen molar-refractivity contribution in [1.82, 2.24) is 9.97 Å². The molecule has 2 heterocycles. The number of carbonyl (C=O) groups is 1. The van der Waals surface area contributed by atoms with Crippen LogP contribution in [0.1, 0.15) is 11.4 Å². The number of benzene rings is 1. The van der Waals surface area contributed by atoms with Crippen molar-refractivity contribution in [3.8, 4) is 0 Å². The Bertz CT molecular complexity index is 670. The third-order valence-corrected chi connectivity index (χ3v) is 3.26. The average Bonchev–Trinajstić information content (AvgIpc) is 2.77. The third-order valence-electron chi connectivity index (χ3n) is 3.26. The van der Waals surface area contributed by atoms with Crippen LogP contribution in [0.2, 0.25) is 0 Å². The summed E-state index contributed by atoms with van der Waals surface area (Å²) in [5, 5.41) is 2.82. The van der Waals surface area contributed by atoms with Crippen LogP contribution in [0.5, 0.6) is 0 Å². The van der Waals surface area contributed by atoms with Gasteiger partial charge >= 0.3 is 0 Å². The smallest absolute Gasteiger partial charge is 0.228 e. The molecule has 0 unspecified atom stereocenters. The number of rotatable bonds is 3. The summed E-state index contributed by atoms with van der Waals surface area (Å²) in [7, 11) is 1.96. The number of nitrogens with two attached hydrogens (primary N) is 1. The normalized spacial score (nSPS) is 12.9. The Balaban J connectivity index is 1.79. The second-order valence-electron chi connectivity index (χ2n) is 4.82. The lowest BCUT2D eigenvalue weighted by Gasteiger charge is -2.19. The Kier molecular flexibility index (Phi) is 2.98. The molecule has 0 spiro atoms. The van der Waals surface area contributed by atoms with E-state index in [1.165, 1.54) is 0 Å². The predicted molar refractivity (Wildman–Crippen MR) is 77.3 cm³/mol. The lowest BCUT2D eigenvalue weighted by atomic mass is 10.1. The number of fused-ring (bicyclic) bond motifs is 1. The van der Waals surface area contributed by atoms with Crippen molar-refractivity contribution in [2.45, 2.75) is 13.0 Å². The lowest BCUT2D eigenvalue weighted by Crippen LogP contribution is -2.18. The quantitative estimate of drug-likeness (QED) is 0.874. The highest BCUT2D eigenvalue weighted by atomic mass is 16.1. The number of nitrogen functional groups attached to an aromatic ring is 1. The molecule has 2 aromatic rings. The summed E-state index contributed by atoms with van der Waals surface area (Å²) < 4.78 is 0. The zero-order valence-electron chi connectivity index (χ0n) is 11.1. The molecule has 0 aliphatic carbocycles. The molecule has 0 bridgehead atoms. The molecular formula is C14H15N5O. The average molecular weight is 269 g/mol. The zero-order chi connectivity index (χ0) is 14.1. The predicted octanol–water partition coefficient (Wildman–Crippen LogP) is 1.19. The molecule has 0 saturated carbocycles. The molecule has 3 N–H and O–H groups in total. The van der Waals surface area contributed by atoms with E-state index >= 15 is 0 Å². The van der Waals surface area contributed by atoms with Crippen molar-refractivity contribution in [2.24, 2.45) is 0 Å². The number of anilines is 3. The number of amides is 1. The van der Waals surface area contributed by atoms with Gasteiger partial charge in [-0.1, -0.05) is 0 Å². The fourth-order valence-electron chi connectivity index (χ4n) is 2.25. The van der Waals surface area contributed by atoms with Crippen LogP contribution in [0, 0.1) is 0 Å². The van der Waals surface area contributed by atoms with Crippen LogP contribution < -0.4 is 16.0 Å². The standard InChI is InChI=1S/C14H15N5O/c1-19(8-13-16-5-4-12(15)18-13)10-2-3-11-9(6-10)7-14(20)17-11/h2-6H,7-8H2,1H3,(H,17,20)(H2,15,16,18). The number of aromatic nitrogens is 2. The number of hydrogen-bond donors (Lipinski definition) is 2. The van der Waals surface area contributed by atoms with E-state index in [0.29, 0.717) is 24.6 Å². The fraction of sp³-hybridized carbons (Fsp3) is 0.214. The first-order valence-electron chi connectivity index (χ1n) is 6.33. The summed E-state index contributed by atoms with van der Waals surface area (Å²) in [5.74, 6) is 1.17. The molecule has 0 fully saturated rings. The summed E-state index contributed by atoms with van der Waals surface area (Å²) in [6.45, 7) is 0.561. The monoisotopic (exact) mass is 269 g/mol. The van der Waals surface area contributed by atoms with Crippen molar-refractivity contribution < 1.29 is 4.79 Å². The van der Waals surface area contributed by atoms with Gasteiger partial charge in [0.25, 0.3) is 0 Å². The van der Waals surface area contributed by atoms with Crippen LogP contribution in [0.15, 0.2) is 30.5 Å². The first-order valence-corrected chi connectivity index (χ1v) is 6.33. The largest absolute Gasteiger partial charge is 0.384 e. The van der Waals surface area contributed by atoms with Crippen molar-refractivity contribution in [3.63, 3.8) is 0 Å². The Morgan fingerprint density at radius 1 is 1.40 bits per heavy atom. The van der Waals surface area contributed by atoms with Crippen LogP contribution in [-0.4, -0.2) is 22.9 Å². The van der Waals surface area contributed by atoms with Crippen LogP contribution in [0.4, 0.5) is 17.2 Å². The fourth-order valence-corrected chi connectivity index (χ4v) is 2.25. The third kappa shape index (κ3) is 2.40. The molecule has 1 aromatic heterocycles. The first kappa shape index (κ1) is 12.4. The van der Waals surface area contributed by atoms with Gasteiger partial charge in [0.05, 0.1) is 13.0 Å². The van der Waals surface area contributed by atoms with Gasteiger partial charge in [0, 0.05) is 24.6 Å². The van der Waals surface area contributed by atoms with Crippen molar-refractivity contribution >= 4 is 23.1 Å². The van der Waals surface area contributed by atoms with Gasteiger partial charge in [-0.2, -0.15) is 0 Å². The molecule has 0 saturated heterocycles. The number of carbonyl (C=O) groups excluding carboxylic acids is 1. The van der Waals surface area contributed by atoms with Crippen LogP contribution in [0.25, 0.3) is 0 Å². The molecule has 3 rings (SSSR count). The highest BCUT2D eigenvalue weighted by Crippen LogP contribution is 2.27. The first-order chi connectivity index (χ1) is 9.61. The van der Waals surface area contributed by atoms with Gasteiger partial charge in [-0.3, -0.25) is 4.79 Å². The number of nitrogens with zero attached hydrogens (tertiary/aromatic N) is 3. The van der Waals surface area contributed by atoms with E-state index in [1.54, 1.807) is 12.3 Å². The van der Waals surface area contributed by atoms with E-state index in [2.05, 4.69) is 15.3 Å². The molecule has 6 heteroatoms. The molecule has 1 amide bonds. The van der Waals surface area contributed by atoms with E-state index in [0.717, 1.165) is 16.9 Å². The highest BCUT2D eigenvalue weighted by Gasteiger charge is 2.18. The Hall–Kier alpha value is -2.63. The topological polar surface area (TPSA) is 84.1 Å². The Labute approximate surface area is 116 Å². The van der Waals surface area contributed by atoms with Gasteiger partial charge in [-0.05, 0) is 29.8 Å². The molecule has 1 aliphatic rings. The molecule has 0 radical (unpaired) electrons. The van der Waals surface area contributed by atoms with E-state index in [1.807, 2.05) is 30.1 Å². The molecule has 0 atom stereocenters. The number of hydrogen-bond acceptors (Lipinski definition) is 5. The number of nitrogens with one attached hydrogen (secondary N) is 1. The van der Waals surface area contributed by atoms with E-state index < -0.39 is 0 Å². The van der Waals surface area contributed by atoms with Gasteiger partial charge in [0.1, 0.15) is 11.6 Å². The lowest BCUT2D eigenvalue weighted by molar-refractivity contribution is -0.115. The van der Waals surface area contributed by atoms with Gasteiger partial charge in [0.2, 0.25) is 5.91 Å². The van der Waals surface area contributed by atoms with Gasteiger partial charge < -0.3 is 16.0 Å². The zero-order valence-corrected chi connectivity index (χ0v) is 11.1. The minimum Gasteiger partial charge on any atom is -0.384 e. The molecule has 6 nitrogen and oxygen atoms in total. The van der Waals surface area contributed by atoms with Crippen molar-refractivity contribution in [2.75, 3.05) is 23.0 Å². The highest BCUT2D eigenvalue weighted by molar-refractivity contribution is 5.99. The summed E-state index contributed by atoms with van der Waals surface area (Å²) in [5.41, 5.74) is 8.58. The maximum Gasteiger partial charge on any atom is 0.228 e. The van der Waals surface area contributed by atoms with Crippen molar-refractivity contribution in [1.29, 1.82) is 0 Å². The maximum absolute atomic E-state index is 11.4. The molecule has 1 aliphatic heterocycles. The van der Waals surface area contributed by atoms with E-state index in [9.17, 15) is 4.79 Å². The summed E-state index contributed by atoms with van der Waals surface area (Å²) in [6, 6.07) is 7.57. The molecular weight excluding hydrogens is 254 g/mol. The SMILES string of the molecule is CN(Cc1nccc(N)n1)c1ccc2c(c1)CC(=O)N2. The Morgan fingerprint density at radius 3 is 3.05 bits per heavy atom. The van der Waals surface area contributed by atoms with Crippen LogP contribution >= 0.6 is 0 Å². The van der Waals surface area contributed by atoms with Crippen LogP contribution in [0.3, 0.4) is 0 Å². The second kappa shape index (κ2) is 4.80. The minimum atomic E-state index is 0.0407. The van der Waals surface area contributed by atoms with Gasteiger partial charge in [-0.15, -0.1) is 0 Å². The van der Waals surface area contributed by atoms with E-state index in [-0.39, 0.29) is 5.91 Å². The minimum absolute atomic E-state index is 0.0407.